The first-order chi connectivity index (χ1) is 10.6. The summed E-state index contributed by atoms with van der Waals surface area (Å²) in [5.74, 6) is -0.0341. The number of hydrogen-bond acceptors (Lipinski definition) is 5. The maximum absolute atomic E-state index is 12.9. The highest BCUT2D eigenvalue weighted by molar-refractivity contribution is 5.69. The third-order valence-electron chi connectivity index (χ3n) is 3.83. The maximum atomic E-state index is 12.9. The lowest BCUT2D eigenvalue weighted by Crippen LogP contribution is -2.36. The third-order valence-corrected chi connectivity index (χ3v) is 3.83. The Morgan fingerprint density at radius 2 is 1.95 bits per heavy atom. The van der Waals surface area contributed by atoms with Crippen molar-refractivity contribution in [2.24, 2.45) is 0 Å². The molecule has 0 radical (unpaired) electrons. The zero-order valence-electron chi connectivity index (χ0n) is 11.9. The van der Waals surface area contributed by atoms with E-state index in [1.165, 1.54) is 12.1 Å². The van der Waals surface area contributed by atoms with Crippen LogP contribution in [-0.4, -0.2) is 45.8 Å². The molecule has 6 nitrogen and oxygen atoms in total. The Morgan fingerprint density at radius 1 is 1.27 bits per heavy atom. The summed E-state index contributed by atoms with van der Waals surface area (Å²) in [4.78, 5) is 12.6. The highest BCUT2D eigenvalue weighted by Crippen LogP contribution is 2.29. The van der Waals surface area contributed by atoms with Gasteiger partial charge in [0.15, 0.2) is 0 Å². The van der Waals surface area contributed by atoms with Gasteiger partial charge in [-0.25, -0.2) is 4.39 Å². The van der Waals surface area contributed by atoms with E-state index in [-0.39, 0.29) is 18.3 Å². The van der Waals surface area contributed by atoms with E-state index in [0.29, 0.717) is 30.4 Å². The maximum Gasteiger partial charge on any atom is 0.317 e. The lowest BCUT2D eigenvalue weighted by molar-refractivity contribution is -0.138. The van der Waals surface area contributed by atoms with Gasteiger partial charge in [0.05, 0.1) is 6.54 Å². The van der Waals surface area contributed by atoms with Gasteiger partial charge in [-0.3, -0.25) is 9.69 Å². The minimum Gasteiger partial charge on any atom is -0.480 e. The first-order valence-electron chi connectivity index (χ1n) is 7.15. The molecule has 7 heteroatoms. The number of carbonyl (C=O) groups is 1. The average Bonchev–Trinajstić information content (AvgIpc) is 2.98. The summed E-state index contributed by atoms with van der Waals surface area (Å²) in [6.07, 6.45) is 1.58. The molecule has 0 unspecified atom stereocenters. The fraction of sp³-hybridized carbons (Fsp3) is 0.400. The van der Waals surface area contributed by atoms with Crippen molar-refractivity contribution in [1.29, 1.82) is 0 Å². The number of halogens is 1. The molecule has 2 aromatic rings. The Kier molecular flexibility index (Phi) is 4.15. The molecule has 3 rings (SSSR count). The number of carboxylic acid groups (broad SMARTS) is 1. The average molecular weight is 305 g/mol. The largest absolute Gasteiger partial charge is 0.480 e. The second kappa shape index (κ2) is 6.23. The number of nitrogens with zero attached hydrogens (tertiary/aromatic N) is 3. The molecule has 0 aliphatic carbocycles. The van der Waals surface area contributed by atoms with Crippen LogP contribution in [0.3, 0.4) is 0 Å². The molecule has 0 saturated carbocycles. The molecule has 116 valence electrons. The van der Waals surface area contributed by atoms with Crippen molar-refractivity contribution in [1.82, 2.24) is 15.1 Å². The molecule has 0 spiro atoms. The van der Waals surface area contributed by atoms with Crippen molar-refractivity contribution in [2.45, 2.75) is 18.8 Å². The summed E-state index contributed by atoms with van der Waals surface area (Å²) < 4.78 is 18.6. The number of aromatic nitrogens is 2. The van der Waals surface area contributed by atoms with E-state index in [9.17, 15) is 9.18 Å². The SMILES string of the molecule is O=C(O)CN1CCC(c2nnc(-c3ccc(F)cc3)o2)CC1. The van der Waals surface area contributed by atoms with E-state index in [1.54, 1.807) is 12.1 Å². The highest BCUT2D eigenvalue weighted by Gasteiger charge is 2.26. The van der Waals surface area contributed by atoms with Crippen LogP contribution in [-0.2, 0) is 4.79 Å². The molecule has 1 aliphatic heterocycles. The third kappa shape index (κ3) is 3.30. The van der Waals surface area contributed by atoms with Crippen molar-refractivity contribution < 1.29 is 18.7 Å². The summed E-state index contributed by atoms with van der Waals surface area (Å²) in [6.45, 7) is 1.47. The van der Waals surface area contributed by atoms with Gasteiger partial charge in [0.1, 0.15) is 5.82 Å². The van der Waals surface area contributed by atoms with Gasteiger partial charge in [0.2, 0.25) is 11.8 Å². The van der Waals surface area contributed by atoms with Crippen LogP contribution < -0.4 is 0 Å². The zero-order chi connectivity index (χ0) is 15.5. The molecular weight excluding hydrogens is 289 g/mol. The van der Waals surface area contributed by atoms with Crippen molar-refractivity contribution in [3.05, 3.63) is 36.0 Å². The smallest absolute Gasteiger partial charge is 0.317 e. The summed E-state index contributed by atoms with van der Waals surface area (Å²) in [6, 6.07) is 5.90. The van der Waals surface area contributed by atoms with Gasteiger partial charge < -0.3 is 9.52 Å². The fourth-order valence-electron chi connectivity index (χ4n) is 2.64. The van der Waals surface area contributed by atoms with E-state index >= 15 is 0 Å². The molecule has 0 bridgehead atoms. The fourth-order valence-corrected chi connectivity index (χ4v) is 2.64. The Bertz CT molecular complexity index is 648. The quantitative estimate of drug-likeness (QED) is 0.932. The Labute approximate surface area is 126 Å². The van der Waals surface area contributed by atoms with Crippen LogP contribution in [0.1, 0.15) is 24.7 Å². The molecule has 1 aliphatic rings. The van der Waals surface area contributed by atoms with Gasteiger partial charge in [0, 0.05) is 11.5 Å². The second-order valence-corrected chi connectivity index (χ2v) is 5.40. The van der Waals surface area contributed by atoms with E-state index in [4.69, 9.17) is 9.52 Å². The molecule has 0 amide bonds. The number of likely N-dealkylation sites (tertiary alicyclic amines) is 1. The molecule has 1 saturated heterocycles. The van der Waals surface area contributed by atoms with Gasteiger partial charge in [-0.05, 0) is 50.2 Å². The lowest BCUT2D eigenvalue weighted by atomic mass is 9.97. The minimum atomic E-state index is -0.810. The Morgan fingerprint density at radius 3 is 2.59 bits per heavy atom. The first kappa shape index (κ1) is 14.6. The van der Waals surface area contributed by atoms with Crippen LogP contribution in [0.5, 0.6) is 0 Å². The van der Waals surface area contributed by atoms with E-state index in [0.717, 1.165) is 12.8 Å². The van der Waals surface area contributed by atoms with Gasteiger partial charge in [-0.2, -0.15) is 0 Å². The van der Waals surface area contributed by atoms with Gasteiger partial charge in [-0.1, -0.05) is 0 Å². The van der Waals surface area contributed by atoms with Gasteiger partial charge in [0.25, 0.3) is 0 Å². The zero-order valence-corrected chi connectivity index (χ0v) is 11.9. The molecule has 0 atom stereocenters. The molecule has 1 N–H and O–H groups in total. The van der Waals surface area contributed by atoms with Crippen molar-refractivity contribution >= 4 is 5.97 Å². The van der Waals surface area contributed by atoms with Crippen LogP contribution in [0.25, 0.3) is 11.5 Å². The first-order valence-corrected chi connectivity index (χ1v) is 7.15. The molecular formula is C15H16FN3O3. The van der Waals surface area contributed by atoms with Crippen molar-refractivity contribution in [3.8, 4) is 11.5 Å². The van der Waals surface area contributed by atoms with Gasteiger partial charge in [-0.15, -0.1) is 10.2 Å². The van der Waals surface area contributed by atoms with Gasteiger partial charge >= 0.3 is 5.97 Å². The molecule has 1 aromatic heterocycles. The number of piperidine rings is 1. The summed E-state index contributed by atoms with van der Waals surface area (Å²) >= 11 is 0. The summed E-state index contributed by atoms with van der Waals surface area (Å²) in [5, 5.41) is 16.9. The van der Waals surface area contributed by atoms with Crippen LogP contribution in [0.4, 0.5) is 4.39 Å². The number of carboxylic acids is 1. The summed E-state index contributed by atoms with van der Waals surface area (Å²) in [7, 11) is 0. The predicted octanol–water partition coefficient (Wildman–Crippen LogP) is 2.14. The molecule has 22 heavy (non-hydrogen) atoms. The van der Waals surface area contributed by atoms with E-state index < -0.39 is 5.97 Å². The predicted molar refractivity (Wildman–Crippen MR) is 75.7 cm³/mol. The number of hydrogen-bond donors (Lipinski definition) is 1. The lowest BCUT2D eigenvalue weighted by Gasteiger charge is -2.28. The van der Waals surface area contributed by atoms with Crippen LogP contribution in [0, 0.1) is 5.82 Å². The number of benzene rings is 1. The molecule has 1 aromatic carbocycles. The Balaban J connectivity index is 1.65. The minimum absolute atomic E-state index is 0.0668. The van der Waals surface area contributed by atoms with E-state index in [2.05, 4.69) is 10.2 Å². The molecule has 1 fully saturated rings. The highest BCUT2D eigenvalue weighted by atomic mass is 19.1. The second-order valence-electron chi connectivity index (χ2n) is 5.40. The number of rotatable bonds is 4. The normalized spacial score (nSPS) is 16.8. The van der Waals surface area contributed by atoms with E-state index in [1.807, 2.05) is 4.90 Å². The standard InChI is InChI=1S/C15H16FN3O3/c16-12-3-1-10(2-4-12)14-17-18-15(22-14)11-5-7-19(8-6-11)9-13(20)21/h1-4,11H,5-9H2,(H,20,21). The van der Waals surface area contributed by atoms with Crippen molar-refractivity contribution in [3.63, 3.8) is 0 Å². The molecule has 2 heterocycles. The van der Waals surface area contributed by atoms with Crippen LogP contribution >= 0.6 is 0 Å². The topological polar surface area (TPSA) is 79.5 Å². The van der Waals surface area contributed by atoms with Crippen molar-refractivity contribution in [2.75, 3.05) is 19.6 Å². The number of aliphatic carboxylic acids is 1. The van der Waals surface area contributed by atoms with Crippen LogP contribution in [0.15, 0.2) is 28.7 Å². The summed E-state index contributed by atoms with van der Waals surface area (Å²) in [5.41, 5.74) is 0.684. The monoisotopic (exact) mass is 305 g/mol. The Hall–Kier alpha value is -2.28. The van der Waals surface area contributed by atoms with Crippen LogP contribution in [0.2, 0.25) is 0 Å².